The molecule has 0 atom stereocenters. The van der Waals surface area contributed by atoms with Crippen molar-refractivity contribution in [3.63, 3.8) is 0 Å². The molecule has 1 N–H and O–H groups in total. The molecule has 2 rings (SSSR count). The summed E-state index contributed by atoms with van der Waals surface area (Å²) in [5.74, 6) is 1.48. The Morgan fingerprint density at radius 2 is 1.85 bits per heavy atom. The first-order chi connectivity index (χ1) is 9.63. The topological polar surface area (TPSA) is 47.6 Å². The van der Waals surface area contributed by atoms with E-state index in [9.17, 15) is 4.79 Å². The molecule has 0 unspecified atom stereocenters. The molecule has 0 fully saturated rings. The SMILES string of the molecule is CCC(CC)NC(=O)Cc1cc2c(cc1Br)OCCO2. The van der Waals surface area contributed by atoms with Gasteiger partial charge in [0.1, 0.15) is 13.2 Å². The molecule has 1 heterocycles. The average molecular weight is 342 g/mol. The third kappa shape index (κ3) is 3.66. The van der Waals surface area contributed by atoms with Gasteiger partial charge in [-0.25, -0.2) is 0 Å². The van der Waals surface area contributed by atoms with E-state index in [1.807, 2.05) is 12.1 Å². The molecule has 0 saturated heterocycles. The zero-order chi connectivity index (χ0) is 14.5. The van der Waals surface area contributed by atoms with E-state index in [0.29, 0.717) is 25.4 Å². The van der Waals surface area contributed by atoms with Crippen LogP contribution in [0.25, 0.3) is 0 Å². The highest BCUT2D eigenvalue weighted by molar-refractivity contribution is 9.10. The van der Waals surface area contributed by atoms with Crippen LogP contribution < -0.4 is 14.8 Å². The van der Waals surface area contributed by atoms with Gasteiger partial charge in [0.25, 0.3) is 0 Å². The molecule has 1 aromatic rings. The monoisotopic (exact) mass is 341 g/mol. The van der Waals surface area contributed by atoms with Crippen molar-refractivity contribution in [1.29, 1.82) is 0 Å². The molecule has 0 aliphatic carbocycles. The van der Waals surface area contributed by atoms with Crippen LogP contribution in [-0.2, 0) is 11.2 Å². The summed E-state index contributed by atoms with van der Waals surface area (Å²) in [6.45, 7) is 5.27. The summed E-state index contributed by atoms with van der Waals surface area (Å²) in [7, 11) is 0. The molecule has 0 saturated carbocycles. The number of nitrogens with one attached hydrogen (secondary N) is 1. The van der Waals surface area contributed by atoms with E-state index in [2.05, 4.69) is 35.1 Å². The molecule has 1 aliphatic rings. The number of rotatable bonds is 5. The lowest BCUT2D eigenvalue weighted by atomic mass is 10.1. The third-order valence-electron chi connectivity index (χ3n) is 3.41. The number of carbonyl (C=O) groups excluding carboxylic acids is 1. The maximum Gasteiger partial charge on any atom is 0.224 e. The molecule has 20 heavy (non-hydrogen) atoms. The average Bonchev–Trinajstić information content (AvgIpc) is 2.45. The maximum absolute atomic E-state index is 12.1. The van der Waals surface area contributed by atoms with E-state index in [4.69, 9.17) is 9.47 Å². The van der Waals surface area contributed by atoms with Crippen LogP contribution in [0.2, 0.25) is 0 Å². The lowest BCUT2D eigenvalue weighted by Crippen LogP contribution is -2.34. The highest BCUT2D eigenvalue weighted by Gasteiger charge is 2.17. The molecule has 0 aromatic heterocycles. The van der Waals surface area contributed by atoms with Crippen LogP contribution >= 0.6 is 15.9 Å². The fourth-order valence-electron chi connectivity index (χ4n) is 2.19. The van der Waals surface area contributed by atoms with Gasteiger partial charge in [-0.3, -0.25) is 4.79 Å². The Morgan fingerprint density at radius 1 is 1.25 bits per heavy atom. The van der Waals surface area contributed by atoms with E-state index < -0.39 is 0 Å². The van der Waals surface area contributed by atoms with Crippen molar-refractivity contribution in [2.24, 2.45) is 0 Å². The smallest absolute Gasteiger partial charge is 0.224 e. The summed E-state index contributed by atoms with van der Waals surface area (Å²) in [5, 5.41) is 3.04. The molecule has 1 aromatic carbocycles. The van der Waals surface area contributed by atoms with Crippen molar-refractivity contribution >= 4 is 21.8 Å². The van der Waals surface area contributed by atoms with Gasteiger partial charge in [0.2, 0.25) is 5.91 Å². The van der Waals surface area contributed by atoms with Crippen LogP contribution in [0.4, 0.5) is 0 Å². The quantitative estimate of drug-likeness (QED) is 0.895. The van der Waals surface area contributed by atoms with Crippen molar-refractivity contribution in [3.8, 4) is 11.5 Å². The van der Waals surface area contributed by atoms with Gasteiger partial charge in [-0.1, -0.05) is 29.8 Å². The number of carbonyl (C=O) groups is 1. The predicted octanol–water partition coefficient (Wildman–Crippen LogP) is 3.07. The van der Waals surface area contributed by atoms with Crippen LogP contribution in [-0.4, -0.2) is 25.2 Å². The Bertz CT molecular complexity index is 486. The number of halogens is 1. The molecule has 1 amide bonds. The number of ether oxygens (including phenoxy) is 2. The highest BCUT2D eigenvalue weighted by atomic mass is 79.9. The first-order valence-corrected chi connectivity index (χ1v) is 7.80. The van der Waals surface area contributed by atoms with Crippen LogP contribution in [0.15, 0.2) is 16.6 Å². The largest absolute Gasteiger partial charge is 0.486 e. The summed E-state index contributed by atoms with van der Waals surface area (Å²) >= 11 is 3.49. The van der Waals surface area contributed by atoms with E-state index in [0.717, 1.165) is 28.6 Å². The number of hydrogen-bond acceptors (Lipinski definition) is 3. The van der Waals surface area contributed by atoms with Gasteiger partial charge in [0.05, 0.1) is 6.42 Å². The van der Waals surface area contributed by atoms with Crippen LogP contribution in [0.1, 0.15) is 32.3 Å². The molecule has 0 bridgehead atoms. The first-order valence-electron chi connectivity index (χ1n) is 7.01. The predicted molar refractivity (Wildman–Crippen MR) is 81.3 cm³/mol. The molecule has 110 valence electrons. The Kier molecular flexibility index (Phi) is 5.29. The van der Waals surface area contributed by atoms with E-state index in [1.165, 1.54) is 0 Å². The Morgan fingerprint density at radius 3 is 2.45 bits per heavy atom. The summed E-state index contributed by atoms with van der Waals surface area (Å²) in [6.07, 6.45) is 2.24. The van der Waals surface area contributed by atoms with Crippen molar-refractivity contribution in [2.75, 3.05) is 13.2 Å². The van der Waals surface area contributed by atoms with Crippen molar-refractivity contribution in [2.45, 2.75) is 39.2 Å². The highest BCUT2D eigenvalue weighted by Crippen LogP contribution is 2.35. The summed E-state index contributed by atoms with van der Waals surface area (Å²) in [4.78, 5) is 12.1. The summed E-state index contributed by atoms with van der Waals surface area (Å²) in [5.41, 5.74) is 0.915. The molecule has 5 heteroatoms. The fraction of sp³-hybridized carbons (Fsp3) is 0.533. The fourth-order valence-corrected chi connectivity index (χ4v) is 2.65. The maximum atomic E-state index is 12.1. The minimum atomic E-state index is 0.0380. The number of benzene rings is 1. The molecular formula is C15H20BrNO3. The van der Waals surface area contributed by atoms with Crippen LogP contribution in [0.5, 0.6) is 11.5 Å². The second kappa shape index (κ2) is 6.97. The van der Waals surface area contributed by atoms with E-state index in [-0.39, 0.29) is 11.9 Å². The zero-order valence-corrected chi connectivity index (χ0v) is 13.5. The van der Waals surface area contributed by atoms with Gasteiger partial charge in [0, 0.05) is 10.5 Å². The molecule has 0 spiro atoms. The molecule has 0 radical (unpaired) electrons. The van der Waals surface area contributed by atoms with Crippen molar-refractivity contribution in [3.05, 3.63) is 22.2 Å². The molecule has 1 aliphatic heterocycles. The lowest BCUT2D eigenvalue weighted by molar-refractivity contribution is -0.121. The lowest BCUT2D eigenvalue weighted by Gasteiger charge is -2.20. The Balaban J connectivity index is 2.07. The van der Waals surface area contributed by atoms with Gasteiger partial charge in [-0.2, -0.15) is 0 Å². The van der Waals surface area contributed by atoms with Crippen molar-refractivity contribution in [1.82, 2.24) is 5.32 Å². The second-order valence-corrected chi connectivity index (χ2v) is 5.70. The van der Waals surface area contributed by atoms with E-state index >= 15 is 0 Å². The Labute approximate surface area is 128 Å². The zero-order valence-electron chi connectivity index (χ0n) is 11.9. The van der Waals surface area contributed by atoms with E-state index in [1.54, 1.807) is 0 Å². The van der Waals surface area contributed by atoms with Crippen LogP contribution in [0, 0.1) is 0 Å². The number of fused-ring (bicyclic) bond motifs is 1. The second-order valence-electron chi connectivity index (χ2n) is 4.84. The minimum Gasteiger partial charge on any atom is -0.486 e. The van der Waals surface area contributed by atoms with Gasteiger partial charge < -0.3 is 14.8 Å². The number of hydrogen-bond donors (Lipinski definition) is 1. The van der Waals surface area contributed by atoms with Gasteiger partial charge in [0.15, 0.2) is 11.5 Å². The van der Waals surface area contributed by atoms with Crippen molar-refractivity contribution < 1.29 is 14.3 Å². The summed E-state index contributed by atoms with van der Waals surface area (Å²) in [6, 6.07) is 4.00. The molecule has 4 nitrogen and oxygen atoms in total. The first kappa shape index (κ1) is 15.2. The summed E-state index contributed by atoms with van der Waals surface area (Å²) < 4.78 is 11.9. The standard InChI is InChI=1S/C15H20BrNO3/c1-3-11(4-2)17-15(18)8-10-7-13-14(9-12(10)16)20-6-5-19-13/h7,9,11H,3-6,8H2,1-2H3,(H,17,18). The third-order valence-corrected chi connectivity index (χ3v) is 4.15. The molecular weight excluding hydrogens is 322 g/mol. The van der Waals surface area contributed by atoms with Gasteiger partial charge in [-0.05, 0) is 30.5 Å². The van der Waals surface area contributed by atoms with Gasteiger partial charge >= 0.3 is 0 Å². The van der Waals surface area contributed by atoms with Gasteiger partial charge in [-0.15, -0.1) is 0 Å². The Hall–Kier alpha value is -1.23. The minimum absolute atomic E-state index is 0.0380. The normalized spacial score (nSPS) is 13.4. The number of amides is 1. The van der Waals surface area contributed by atoms with Crippen LogP contribution in [0.3, 0.4) is 0 Å².